The van der Waals surface area contributed by atoms with Gasteiger partial charge < -0.3 is 10.2 Å². The number of carbonyl (C=O) groups is 2. The van der Waals surface area contributed by atoms with Crippen molar-refractivity contribution in [3.8, 4) is 0 Å². The monoisotopic (exact) mass is 212 g/mol. The summed E-state index contributed by atoms with van der Waals surface area (Å²) >= 11 is 0. The van der Waals surface area contributed by atoms with Crippen molar-refractivity contribution in [3.05, 3.63) is 0 Å². The Bertz CT molecular complexity index is 251. The third kappa shape index (κ3) is 2.70. The van der Waals surface area contributed by atoms with E-state index >= 15 is 0 Å². The zero-order chi connectivity index (χ0) is 11.4. The fraction of sp³-hybridized carbons (Fsp3) is 0.818. The van der Waals surface area contributed by atoms with Crippen molar-refractivity contribution in [2.75, 3.05) is 13.6 Å². The average molecular weight is 212 g/mol. The van der Waals surface area contributed by atoms with E-state index in [1.165, 1.54) is 0 Å². The van der Waals surface area contributed by atoms with Gasteiger partial charge in [-0.1, -0.05) is 13.8 Å². The Labute approximate surface area is 91.0 Å². The van der Waals surface area contributed by atoms with Gasteiger partial charge in [0.15, 0.2) is 0 Å². The highest BCUT2D eigenvalue weighted by atomic mass is 16.2. The van der Waals surface area contributed by atoms with Gasteiger partial charge in [-0.25, -0.2) is 0 Å². The number of rotatable bonds is 2. The topological polar surface area (TPSA) is 49.4 Å². The minimum Gasteiger partial charge on any atom is -0.357 e. The molecule has 0 spiro atoms. The second-order valence-corrected chi connectivity index (χ2v) is 4.31. The van der Waals surface area contributed by atoms with Crippen LogP contribution in [0.4, 0.5) is 0 Å². The van der Waals surface area contributed by atoms with Crippen LogP contribution in [0.5, 0.6) is 0 Å². The number of hydrogen-bond donors (Lipinski definition) is 1. The highest BCUT2D eigenvalue weighted by molar-refractivity contribution is 5.88. The number of hydrogen-bond acceptors (Lipinski definition) is 2. The molecule has 2 amide bonds. The lowest BCUT2D eigenvalue weighted by Gasteiger charge is -2.35. The first-order valence-corrected chi connectivity index (χ1v) is 5.60. The van der Waals surface area contributed by atoms with Gasteiger partial charge in [0.2, 0.25) is 11.8 Å². The first kappa shape index (κ1) is 12.0. The van der Waals surface area contributed by atoms with Crippen LogP contribution < -0.4 is 5.32 Å². The first-order chi connectivity index (χ1) is 7.07. The Morgan fingerprint density at radius 1 is 1.33 bits per heavy atom. The number of nitrogens with zero attached hydrogens (tertiary/aromatic N) is 1. The van der Waals surface area contributed by atoms with Crippen LogP contribution in [0, 0.1) is 5.92 Å². The summed E-state index contributed by atoms with van der Waals surface area (Å²) in [5, 5.41) is 2.63. The molecule has 0 aromatic rings. The van der Waals surface area contributed by atoms with Crippen molar-refractivity contribution in [2.45, 2.75) is 39.2 Å². The fourth-order valence-electron chi connectivity index (χ4n) is 1.97. The molecule has 1 N–H and O–H groups in total. The molecule has 1 saturated heterocycles. The molecule has 1 heterocycles. The van der Waals surface area contributed by atoms with E-state index in [0.717, 1.165) is 25.8 Å². The third-order valence-electron chi connectivity index (χ3n) is 2.83. The predicted octanol–water partition coefficient (Wildman–Crippen LogP) is 0.769. The molecule has 1 aliphatic heterocycles. The van der Waals surface area contributed by atoms with Gasteiger partial charge >= 0.3 is 0 Å². The van der Waals surface area contributed by atoms with E-state index in [4.69, 9.17) is 0 Å². The summed E-state index contributed by atoms with van der Waals surface area (Å²) in [5.74, 6) is 0.0160. The molecule has 0 bridgehead atoms. The van der Waals surface area contributed by atoms with E-state index in [9.17, 15) is 9.59 Å². The molecule has 15 heavy (non-hydrogen) atoms. The van der Waals surface area contributed by atoms with Gasteiger partial charge in [-0.15, -0.1) is 0 Å². The first-order valence-electron chi connectivity index (χ1n) is 5.60. The van der Waals surface area contributed by atoms with Crippen molar-refractivity contribution in [1.29, 1.82) is 0 Å². The molecule has 1 rings (SSSR count). The molecule has 1 aliphatic rings. The molecular weight excluding hydrogens is 192 g/mol. The molecule has 1 unspecified atom stereocenters. The van der Waals surface area contributed by atoms with Crippen molar-refractivity contribution >= 4 is 11.8 Å². The van der Waals surface area contributed by atoms with Gasteiger partial charge in [0.25, 0.3) is 0 Å². The number of piperidine rings is 1. The van der Waals surface area contributed by atoms with E-state index in [1.54, 1.807) is 11.9 Å². The lowest BCUT2D eigenvalue weighted by Crippen LogP contribution is -2.52. The van der Waals surface area contributed by atoms with Gasteiger partial charge in [-0.05, 0) is 19.3 Å². The minimum absolute atomic E-state index is 0.0322. The molecule has 0 aromatic heterocycles. The van der Waals surface area contributed by atoms with Gasteiger partial charge in [0.1, 0.15) is 6.04 Å². The Morgan fingerprint density at radius 3 is 2.53 bits per heavy atom. The largest absolute Gasteiger partial charge is 0.357 e. The Kier molecular flexibility index (Phi) is 4.12. The number of nitrogens with one attached hydrogen (secondary N) is 1. The van der Waals surface area contributed by atoms with E-state index < -0.39 is 0 Å². The summed E-state index contributed by atoms with van der Waals surface area (Å²) in [5.41, 5.74) is 0. The second-order valence-electron chi connectivity index (χ2n) is 4.31. The fourth-order valence-corrected chi connectivity index (χ4v) is 1.97. The highest BCUT2D eigenvalue weighted by Gasteiger charge is 2.32. The van der Waals surface area contributed by atoms with Crippen LogP contribution in [0.1, 0.15) is 33.1 Å². The lowest BCUT2D eigenvalue weighted by molar-refractivity contribution is -0.144. The molecule has 4 heteroatoms. The van der Waals surface area contributed by atoms with Crippen LogP contribution in [0.25, 0.3) is 0 Å². The van der Waals surface area contributed by atoms with Crippen molar-refractivity contribution in [1.82, 2.24) is 10.2 Å². The number of likely N-dealkylation sites (N-methyl/N-ethyl adjacent to an activating group) is 1. The molecular formula is C11H20N2O2. The van der Waals surface area contributed by atoms with E-state index in [0.29, 0.717) is 0 Å². The highest BCUT2D eigenvalue weighted by Crippen LogP contribution is 2.19. The number of likely N-dealkylation sites (tertiary alicyclic amines) is 1. The molecule has 0 saturated carbocycles. The van der Waals surface area contributed by atoms with Crippen LogP contribution in [0.2, 0.25) is 0 Å². The second kappa shape index (κ2) is 5.14. The Balaban J connectivity index is 2.73. The summed E-state index contributed by atoms with van der Waals surface area (Å²) in [6.45, 7) is 4.46. The molecule has 4 nitrogen and oxygen atoms in total. The number of carbonyl (C=O) groups excluding carboxylic acids is 2. The summed E-state index contributed by atoms with van der Waals surface area (Å²) < 4.78 is 0. The normalized spacial score (nSPS) is 21.6. The molecule has 1 fully saturated rings. The van der Waals surface area contributed by atoms with E-state index in [2.05, 4.69) is 5.32 Å². The SMILES string of the molecule is CNC(=O)C1CCCCN1C(=O)C(C)C. The van der Waals surface area contributed by atoms with E-state index in [-0.39, 0.29) is 23.8 Å². The summed E-state index contributed by atoms with van der Waals surface area (Å²) in [4.78, 5) is 25.2. The maximum atomic E-state index is 11.9. The molecule has 0 aliphatic carbocycles. The third-order valence-corrected chi connectivity index (χ3v) is 2.83. The Hall–Kier alpha value is -1.06. The lowest BCUT2D eigenvalue weighted by atomic mass is 9.99. The summed E-state index contributed by atoms with van der Waals surface area (Å²) in [7, 11) is 1.62. The van der Waals surface area contributed by atoms with Crippen LogP contribution in [-0.4, -0.2) is 36.3 Å². The molecule has 0 radical (unpaired) electrons. The molecule has 86 valence electrons. The van der Waals surface area contributed by atoms with Crippen LogP contribution in [0.15, 0.2) is 0 Å². The standard InChI is InChI=1S/C11H20N2O2/c1-8(2)11(15)13-7-5-4-6-9(13)10(14)12-3/h8-9H,4-7H2,1-3H3,(H,12,14). The van der Waals surface area contributed by atoms with Gasteiger partial charge in [0.05, 0.1) is 0 Å². The van der Waals surface area contributed by atoms with Gasteiger partial charge in [-0.3, -0.25) is 9.59 Å². The maximum absolute atomic E-state index is 11.9. The van der Waals surface area contributed by atoms with Crippen LogP contribution >= 0.6 is 0 Å². The van der Waals surface area contributed by atoms with Crippen molar-refractivity contribution in [3.63, 3.8) is 0 Å². The van der Waals surface area contributed by atoms with Crippen molar-refractivity contribution < 1.29 is 9.59 Å². The van der Waals surface area contributed by atoms with Gasteiger partial charge in [-0.2, -0.15) is 0 Å². The quantitative estimate of drug-likeness (QED) is 0.735. The van der Waals surface area contributed by atoms with Gasteiger partial charge in [0, 0.05) is 19.5 Å². The summed E-state index contributed by atoms with van der Waals surface area (Å²) in [6.07, 6.45) is 2.82. The number of amides is 2. The van der Waals surface area contributed by atoms with Crippen LogP contribution in [-0.2, 0) is 9.59 Å². The summed E-state index contributed by atoms with van der Waals surface area (Å²) in [6, 6.07) is -0.251. The average Bonchev–Trinajstić information content (AvgIpc) is 2.27. The van der Waals surface area contributed by atoms with Crippen molar-refractivity contribution in [2.24, 2.45) is 5.92 Å². The smallest absolute Gasteiger partial charge is 0.242 e. The zero-order valence-electron chi connectivity index (χ0n) is 9.75. The maximum Gasteiger partial charge on any atom is 0.242 e. The van der Waals surface area contributed by atoms with Crippen LogP contribution in [0.3, 0.4) is 0 Å². The van der Waals surface area contributed by atoms with E-state index in [1.807, 2.05) is 13.8 Å². The Morgan fingerprint density at radius 2 is 2.00 bits per heavy atom. The molecule has 1 atom stereocenters. The zero-order valence-corrected chi connectivity index (χ0v) is 9.75. The predicted molar refractivity (Wildman–Crippen MR) is 58.3 cm³/mol. The minimum atomic E-state index is -0.251. The molecule has 0 aromatic carbocycles.